The molecule has 1 aliphatic heterocycles. The number of phenolic OH excluding ortho intramolecular Hbond substituents is 1. The number of benzene rings is 2. The molecule has 0 radical (unpaired) electrons. The molecule has 3 heteroatoms. The molecule has 0 bridgehead atoms. The highest BCUT2D eigenvalue weighted by Crippen LogP contribution is 2.35. The van der Waals surface area contributed by atoms with Gasteiger partial charge in [0, 0.05) is 12.5 Å². The van der Waals surface area contributed by atoms with Crippen LogP contribution in [0.15, 0.2) is 42.5 Å². The number of hydrogen-bond donors (Lipinski definition) is 2. The SMILES string of the molecule is Oc1cc2c(cc1Cl)CCNC[C@H]2c1ccccc1. The van der Waals surface area contributed by atoms with Crippen LogP contribution in [-0.4, -0.2) is 18.2 Å². The summed E-state index contributed by atoms with van der Waals surface area (Å²) in [6, 6.07) is 14.1. The van der Waals surface area contributed by atoms with Crippen molar-refractivity contribution in [3.63, 3.8) is 0 Å². The number of hydrogen-bond acceptors (Lipinski definition) is 2. The number of rotatable bonds is 1. The molecule has 0 fully saturated rings. The summed E-state index contributed by atoms with van der Waals surface area (Å²) in [5, 5.41) is 13.8. The van der Waals surface area contributed by atoms with E-state index in [2.05, 4.69) is 29.6 Å². The van der Waals surface area contributed by atoms with Crippen LogP contribution < -0.4 is 5.32 Å². The van der Waals surface area contributed by atoms with Crippen molar-refractivity contribution in [1.29, 1.82) is 0 Å². The van der Waals surface area contributed by atoms with Gasteiger partial charge in [0.05, 0.1) is 5.02 Å². The largest absolute Gasteiger partial charge is 0.506 e. The van der Waals surface area contributed by atoms with E-state index >= 15 is 0 Å². The van der Waals surface area contributed by atoms with Crippen molar-refractivity contribution in [1.82, 2.24) is 5.32 Å². The van der Waals surface area contributed by atoms with Crippen molar-refractivity contribution in [2.45, 2.75) is 12.3 Å². The third kappa shape index (κ3) is 2.46. The molecule has 0 aliphatic carbocycles. The standard InChI is InChI=1S/C16H16ClNO/c17-15-8-12-6-7-18-10-14(13(12)9-16(15)19)11-4-2-1-3-5-11/h1-5,8-9,14,18-19H,6-7,10H2/t14-/m0/s1. The Morgan fingerprint density at radius 2 is 1.95 bits per heavy atom. The molecule has 0 unspecified atom stereocenters. The van der Waals surface area contributed by atoms with Crippen molar-refractivity contribution < 1.29 is 5.11 Å². The van der Waals surface area contributed by atoms with E-state index in [0.29, 0.717) is 5.02 Å². The molecule has 2 N–H and O–H groups in total. The number of phenols is 1. The Labute approximate surface area is 118 Å². The second kappa shape index (κ2) is 5.24. The van der Waals surface area contributed by atoms with E-state index in [0.717, 1.165) is 19.5 Å². The third-order valence-corrected chi connectivity index (χ3v) is 4.01. The van der Waals surface area contributed by atoms with E-state index in [1.54, 1.807) is 0 Å². The van der Waals surface area contributed by atoms with Crippen LogP contribution in [0.1, 0.15) is 22.6 Å². The molecular weight excluding hydrogens is 258 g/mol. The van der Waals surface area contributed by atoms with Crippen LogP contribution in [0.2, 0.25) is 5.02 Å². The summed E-state index contributed by atoms with van der Waals surface area (Å²) in [7, 11) is 0. The minimum atomic E-state index is 0.170. The maximum atomic E-state index is 9.88. The fourth-order valence-electron chi connectivity index (χ4n) is 2.72. The van der Waals surface area contributed by atoms with Crippen LogP contribution >= 0.6 is 11.6 Å². The van der Waals surface area contributed by atoms with Gasteiger partial charge < -0.3 is 10.4 Å². The first-order valence-electron chi connectivity index (χ1n) is 6.52. The van der Waals surface area contributed by atoms with Crippen LogP contribution in [0.4, 0.5) is 0 Å². The molecule has 19 heavy (non-hydrogen) atoms. The Morgan fingerprint density at radius 1 is 1.16 bits per heavy atom. The summed E-state index contributed by atoms with van der Waals surface area (Å²) in [5.41, 5.74) is 3.67. The van der Waals surface area contributed by atoms with Crippen LogP contribution in [0, 0.1) is 0 Å². The minimum absolute atomic E-state index is 0.170. The lowest BCUT2D eigenvalue weighted by Gasteiger charge is -2.19. The Hall–Kier alpha value is -1.51. The van der Waals surface area contributed by atoms with E-state index in [4.69, 9.17) is 11.6 Å². The van der Waals surface area contributed by atoms with Gasteiger partial charge in [0.1, 0.15) is 5.75 Å². The number of aromatic hydroxyl groups is 1. The van der Waals surface area contributed by atoms with Gasteiger partial charge in [-0.05, 0) is 41.8 Å². The molecule has 1 heterocycles. The lowest BCUT2D eigenvalue weighted by atomic mass is 9.88. The Kier molecular flexibility index (Phi) is 3.45. The highest BCUT2D eigenvalue weighted by atomic mass is 35.5. The van der Waals surface area contributed by atoms with E-state index in [-0.39, 0.29) is 11.7 Å². The maximum absolute atomic E-state index is 9.88. The molecule has 0 saturated heterocycles. The van der Waals surface area contributed by atoms with Crippen LogP contribution in [0.5, 0.6) is 5.75 Å². The fraction of sp³-hybridized carbons (Fsp3) is 0.250. The van der Waals surface area contributed by atoms with E-state index in [9.17, 15) is 5.11 Å². The lowest BCUT2D eigenvalue weighted by Crippen LogP contribution is -2.20. The Balaban J connectivity index is 2.11. The summed E-state index contributed by atoms with van der Waals surface area (Å²) in [6.07, 6.45) is 0.943. The minimum Gasteiger partial charge on any atom is -0.506 e. The highest BCUT2D eigenvalue weighted by Gasteiger charge is 2.21. The predicted molar refractivity (Wildman–Crippen MR) is 78.0 cm³/mol. The van der Waals surface area contributed by atoms with Crippen LogP contribution in [0.25, 0.3) is 0 Å². The normalized spacial score (nSPS) is 18.7. The van der Waals surface area contributed by atoms with Gasteiger partial charge in [-0.15, -0.1) is 0 Å². The zero-order valence-electron chi connectivity index (χ0n) is 10.6. The molecule has 2 aromatic rings. The Bertz CT molecular complexity index is 583. The monoisotopic (exact) mass is 273 g/mol. The van der Waals surface area contributed by atoms with Crippen molar-refractivity contribution in [2.24, 2.45) is 0 Å². The molecule has 98 valence electrons. The third-order valence-electron chi connectivity index (χ3n) is 3.71. The van der Waals surface area contributed by atoms with Crippen molar-refractivity contribution >= 4 is 11.6 Å². The summed E-state index contributed by atoms with van der Waals surface area (Å²) in [5.74, 6) is 0.435. The van der Waals surface area contributed by atoms with Gasteiger partial charge in [-0.3, -0.25) is 0 Å². The molecule has 2 nitrogen and oxygen atoms in total. The predicted octanol–water partition coefficient (Wildman–Crippen LogP) is 3.32. The quantitative estimate of drug-likeness (QED) is 0.835. The van der Waals surface area contributed by atoms with Crippen molar-refractivity contribution in [2.75, 3.05) is 13.1 Å². The molecule has 0 aromatic heterocycles. The summed E-state index contributed by atoms with van der Waals surface area (Å²) in [4.78, 5) is 0. The second-order valence-corrected chi connectivity index (χ2v) is 5.33. The Morgan fingerprint density at radius 3 is 2.74 bits per heavy atom. The zero-order chi connectivity index (χ0) is 13.2. The van der Waals surface area contributed by atoms with Crippen molar-refractivity contribution in [3.05, 3.63) is 64.2 Å². The van der Waals surface area contributed by atoms with Crippen LogP contribution in [0.3, 0.4) is 0 Å². The van der Waals surface area contributed by atoms with E-state index < -0.39 is 0 Å². The van der Waals surface area contributed by atoms with E-state index in [1.807, 2.05) is 18.2 Å². The number of fused-ring (bicyclic) bond motifs is 1. The van der Waals surface area contributed by atoms with Gasteiger partial charge in [-0.2, -0.15) is 0 Å². The molecule has 0 saturated carbocycles. The van der Waals surface area contributed by atoms with Crippen LogP contribution in [-0.2, 0) is 6.42 Å². The average Bonchev–Trinajstić information content (AvgIpc) is 2.63. The fourth-order valence-corrected chi connectivity index (χ4v) is 2.91. The maximum Gasteiger partial charge on any atom is 0.134 e. The highest BCUT2D eigenvalue weighted by molar-refractivity contribution is 6.32. The topological polar surface area (TPSA) is 32.3 Å². The first kappa shape index (κ1) is 12.5. The van der Waals surface area contributed by atoms with E-state index in [1.165, 1.54) is 16.7 Å². The first-order chi connectivity index (χ1) is 9.25. The molecule has 0 amide bonds. The van der Waals surface area contributed by atoms with Gasteiger partial charge in [-0.25, -0.2) is 0 Å². The second-order valence-electron chi connectivity index (χ2n) is 4.92. The lowest BCUT2D eigenvalue weighted by molar-refractivity contribution is 0.474. The summed E-state index contributed by atoms with van der Waals surface area (Å²) < 4.78 is 0. The molecule has 3 rings (SSSR count). The van der Waals surface area contributed by atoms with Gasteiger partial charge >= 0.3 is 0 Å². The van der Waals surface area contributed by atoms with Gasteiger partial charge in [0.2, 0.25) is 0 Å². The molecule has 2 aromatic carbocycles. The zero-order valence-corrected chi connectivity index (χ0v) is 11.3. The van der Waals surface area contributed by atoms with Gasteiger partial charge in [0.15, 0.2) is 0 Å². The first-order valence-corrected chi connectivity index (χ1v) is 6.90. The average molecular weight is 274 g/mol. The smallest absolute Gasteiger partial charge is 0.134 e. The van der Waals surface area contributed by atoms with Crippen molar-refractivity contribution in [3.8, 4) is 5.75 Å². The van der Waals surface area contributed by atoms with Gasteiger partial charge in [0.25, 0.3) is 0 Å². The molecule has 1 aliphatic rings. The number of halogens is 1. The molecular formula is C16H16ClNO. The number of nitrogens with one attached hydrogen (secondary N) is 1. The summed E-state index contributed by atoms with van der Waals surface area (Å²) >= 11 is 6.02. The summed E-state index contributed by atoms with van der Waals surface area (Å²) in [6.45, 7) is 1.83. The molecule has 1 atom stereocenters. The van der Waals surface area contributed by atoms with Gasteiger partial charge in [-0.1, -0.05) is 41.9 Å². The molecule has 0 spiro atoms.